The molecule has 2 rings (SSSR count). The second-order valence-corrected chi connectivity index (χ2v) is 7.32. The average molecular weight is 355 g/mol. The van der Waals surface area contributed by atoms with E-state index in [-0.39, 0.29) is 23.7 Å². The third-order valence-corrected chi connectivity index (χ3v) is 5.26. The van der Waals surface area contributed by atoms with Crippen molar-refractivity contribution in [1.82, 2.24) is 10.2 Å². The predicted octanol–water partition coefficient (Wildman–Crippen LogP) is 2.96. The van der Waals surface area contributed by atoms with Crippen LogP contribution in [0.25, 0.3) is 0 Å². The lowest BCUT2D eigenvalue weighted by atomic mass is 9.93. The fraction of sp³-hybridized carbons (Fsp3) is 0.529. The van der Waals surface area contributed by atoms with Crippen molar-refractivity contribution in [1.29, 1.82) is 0 Å². The molecule has 1 aliphatic heterocycles. The first-order valence-corrected chi connectivity index (χ1v) is 8.77. The lowest BCUT2D eigenvalue weighted by molar-refractivity contribution is -0.129. The molecule has 4 nitrogen and oxygen atoms in total. The standard InChI is InChI=1S/C17H23ClN2O2S/c1-17(2,11-18)16(22)19-12-7-9-20(10-8-12)15(21)13-5-3-4-6-14(13)23/h3-6,12,23H,7-11H2,1-2H3,(H,19,22). The van der Waals surface area contributed by atoms with E-state index in [9.17, 15) is 9.59 Å². The van der Waals surface area contributed by atoms with E-state index < -0.39 is 5.41 Å². The minimum atomic E-state index is -0.570. The number of likely N-dealkylation sites (tertiary alicyclic amines) is 1. The Morgan fingerprint density at radius 2 is 1.91 bits per heavy atom. The molecule has 1 N–H and O–H groups in total. The second-order valence-electron chi connectivity index (χ2n) is 6.57. The van der Waals surface area contributed by atoms with E-state index in [2.05, 4.69) is 17.9 Å². The zero-order valence-corrected chi connectivity index (χ0v) is 15.2. The van der Waals surface area contributed by atoms with Crippen molar-refractivity contribution in [3.63, 3.8) is 0 Å². The van der Waals surface area contributed by atoms with Gasteiger partial charge in [-0.25, -0.2) is 0 Å². The average Bonchev–Trinajstić information content (AvgIpc) is 2.55. The molecule has 126 valence electrons. The highest BCUT2D eigenvalue weighted by Crippen LogP contribution is 2.21. The maximum absolute atomic E-state index is 12.5. The van der Waals surface area contributed by atoms with Crippen molar-refractivity contribution < 1.29 is 9.59 Å². The van der Waals surface area contributed by atoms with Gasteiger partial charge >= 0.3 is 0 Å². The zero-order valence-electron chi connectivity index (χ0n) is 13.5. The van der Waals surface area contributed by atoms with E-state index in [1.807, 2.05) is 36.9 Å². The molecule has 1 saturated heterocycles. The first kappa shape index (κ1) is 18.1. The Kier molecular flexibility index (Phi) is 5.98. The normalized spacial score (nSPS) is 16.3. The maximum Gasteiger partial charge on any atom is 0.254 e. The number of hydrogen-bond acceptors (Lipinski definition) is 3. The van der Waals surface area contributed by atoms with Gasteiger partial charge in [0.1, 0.15) is 0 Å². The third-order valence-electron chi connectivity index (χ3n) is 4.20. The minimum absolute atomic E-state index is 0.00136. The van der Waals surface area contributed by atoms with Gasteiger partial charge in [0.2, 0.25) is 5.91 Å². The van der Waals surface area contributed by atoms with Crippen LogP contribution in [0.1, 0.15) is 37.0 Å². The minimum Gasteiger partial charge on any atom is -0.353 e. The van der Waals surface area contributed by atoms with Gasteiger partial charge < -0.3 is 10.2 Å². The van der Waals surface area contributed by atoms with Crippen LogP contribution >= 0.6 is 24.2 Å². The van der Waals surface area contributed by atoms with E-state index >= 15 is 0 Å². The Labute approximate surface area is 148 Å². The summed E-state index contributed by atoms with van der Waals surface area (Å²) in [6.45, 7) is 4.93. The van der Waals surface area contributed by atoms with Crippen LogP contribution < -0.4 is 5.32 Å². The summed E-state index contributed by atoms with van der Waals surface area (Å²) in [7, 11) is 0. The quantitative estimate of drug-likeness (QED) is 0.645. The van der Waals surface area contributed by atoms with Crippen LogP contribution in [0.3, 0.4) is 0 Å². The number of amides is 2. The molecule has 0 unspecified atom stereocenters. The topological polar surface area (TPSA) is 49.4 Å². The first-order chi connectivity index (χ1) is 10.8. The lowest BCUT2D eigenvalue weighted by Crippen LogP contribution is -2.49. The summed E-state index contributed by atoms with van der Waals surface area (Å²) in [6, 6.07) is 7.41. The van der Waals surface area contributed by atoms with Crippen molar-refractivity contribution in [3.05, 3.63) is 29.8 Å². The number of carbonyl (C=O) groups is 2. The van der Waals surface area contributed by atoms with Crippen molar-refractivity contribution in [2.75, 3.05) is 19.0 Å². The van der Waals surface area contributed by atoms with E-state index in [4.69, 9.17) is 11.6 Å². The third kappa shape index (κ3) is 4.42. The molecular weight excluding hydrogens is 332 g/mol. The number of rotatable bonds is 4. The Hall–Kier alpha value is -1.20. The Balaban J connectivity index is 1.90. The highest BCUT2D eigenvalue weighted by molar-refractivity contribution is 7.80. The van der Waals surface area contributed by atoms with Gasteiger partial charge in [-0.1, -0.05) is 12.1 Å². The van der Waals surface area contributed by atoms with Crippen molar-refractivity contribution in [2.24, 2.45) is 5.41 Å². The van der Waals surface area contributed by atoms with Crippen LogP contribution in [0.2, 0.25) is 0 Å². The number of nitrogens with one attached hydrogen (secondary N) is 1. The molecule has 0 aliphatic carbocycles. The largest absolute Gasteiger partial charge is 0.353 e. The van der Waals surface area contributed by atoms with E-state index in [1.54, 1.807) is 6.07 Å². The van der Waals surface area contributed by atoms with Crippen LogP contribution in [-0.2, 0) is 4.79 Å². The molecule has 0 atom stereocenters. The Morgan fingerprint density at radius 1 is 1.30 bits per heavy atom. The van der Waals surface area contributed by atoms with Crippen molar-refractivity contribution in [3.8, 4) is 0 Å². The second kappa shape index (κ2) is 7.58. The molecule has 0 spiro atoms. The molecule has 1 aromatic carbocycles. The van der Waals surface area contributed by atoms with Crippen LogP contribution in [0.4, 0.5) is 0 Å². The molecule has 0 aromatic heterocycles. The maximum atomic E-state index is 12.5. The summed E-state index contributed by atoms with van der Waals surface area (Å²) in [5, 5.41) is 3.04. The molecule has 2 amide bonds. The van der Waals surface area contributed by atoms with Gasteiger partial charge in [-0.05, 0) is 38.8 Å². The van der Waals surface area contributed by atoms with Crippen molar-refractivity contribution in [2.45, 2.75) is 37.6 Å². The summed E-state index contributed by atoms with van der Waals surface area (Å²) in [5.74, 6) is 0.258. The molecule has 0 saturated carbocycles. The highest BCUT2D eigenvalue weighted by Gasteiger charge is 2.30. The lowest BCUT2D eigenvalue weighted by Gasteiger charge is -2.34. The Bertz CT molecular complexity index is 584. The van der Waals surface area contributed by atoms with Crippen molar-refractivity contribution >= 4 is 36.0 Å². The fourth-order valence-electron chi connectivity index (χ4n) is 2.49. The van der Waals surface area contributed by atoms with Gasteiger partial charge in [-0.2, -0.15) is 0 Å². The number of thiol groups is 1. The number of hydrogen-bond donors (Lipinski definition) is 2. The van der Waals surface area contributed by atoms with Gasteiger partial charge in [0.15, 0.2) is 0 Å². The molecular formula is C17H23ClN2O2S. The monoisotopic (exact) mass is 354 g/mol. The molecule has 0 bridgehead atoms. The van der Waals surface area contributed by atoms with E-state index in [0.717, 1.165) is 12.8 Å². The summed E-state index contributed by atoms with van der Waals surface area (Å²) >= 11 is 10.2. The molecule has 1 fully saturated rings. The van der Waals surface area contributed by atoms with Gasteiger partial charge in [0, 0.05) is 29.9 Å². The SMILES string of the molecule is CC(C)(CCl)C(=O)NC1CCN(C(=O)c2ccccc2S)CC1. The molecule has 23 heavy (non-hydrogen) atoms. The first-order valence-electron chi connectivity index (χ1n) is 7.79. The number of benzene rings is 1. The molecule has 0 radical (unpaired) electrons. The smallest absolute Gasteiger partial charge is 0.254 e. The van der Waals surface area contributed by atoms with E-state index in [0.29, 0.717) is 23.5 Å². The van der Waals surface area contributed by atoms with Crippen LogP contribution in [0.5, 0.6) is 0 Å². The van der Waals surface area contributed by atoms with Crippen LogP contribution in [0.15, 0.2) is 29.2 Å². The highest BCUT2D eigenvalue weighted by atomic mass is 35.5. The van der Waals surface area contributed by atoms with E-state index in [1.165, 1.54) is 0 Å². The molecule has 6 heteroatoms. The number of halogens is 1. The predicted molar refractivity (Wildman–Crippen MR) is 95.3 cm³/mol. The summed E-state index contributed by atoms with van der Waals surface area (Å²) < 4.78 is 0. The summed E-state index contributed by atoms with van der Waals surface area (Å²) in [4.78, 5) is 27.2. The van der Waals surface area contributed by atoms with Gasteiger partial charge in [0.25, 0.3) is 5.91 Å². The number of nitrogens with zero attached hydrogens (tertiary/aromatic N) is 1. The summed E-state index contributed by atoms with van der Waals surface area (Å²) in [5.41, 5.74) is 0.0565. The summed E-state index contributed by atoms with van der Waals surface area (Å²) in [6.07, 6.45) is 1.51. The Morgan fingerprint density at radius 3 is 2.48 bits per heavy atom. The molecule has 1 aromatic rings. The fourth-order valence-corrected chi connectivity index (χ4v) is 2.87. The zero-order chi connectivity index (χ0) is 17.0. The molecule has 1 heterocycles. The molecule has 1 aliphatic rings. The number of piperidine rings is 1. The van der Waals surface area contributed by atoms with Gasteiger partial charge in [-0.3, -0.25) is 9.59 Å². The number of alkyl halides is 1. The van der Waals surface area contributed by atoms with Gasteiger partial charge in [-0.15, -0.1) is 24.2 Å². The van der Waals surface area contributed by atoms with Crippen LogP contribution in [0, 0.1) is 5.41 Å². The van der Waals surface area contributed by atoms with Crippen LogP contribution in [-0.4, -0.2) is 41.7 Å². The number of carbonyl (C=O) groups excluding carboxylic acids is 2. The van der Waals surface area contributed by atoms with Gasteiger partial charge in [0.05, 0.1) is 11.0 Å².